The third-order valence-electron chi connectivity index (χ3n) is 2.13. The predicted molar refractivity (Wildman–Crippen MR) is 64.1 cm³/mol. The van der Waals surface area contributed by atoms with Gasteiger partial charge in [-0.05, 0) is 24.3 Å². The molecule has 0 aliphatic rings. The van der Waals surface area contributed by atoms with E-state index in [9.17, 15) is 14.0 Å². The molecule has 0 radical (unpaired) electrons. The van der Waals surface area contributed by atoms with Gasteiger partial charge < -0.3 is 4.74 Å². The minimum atomic E-state index is -0.928. The van der Waals surface area contributed by atoms with E-state index in [-0.39, 0.29) is 5.69 Å². The zero-order valence-corrected chi connectivity index (χ0v) is 9.67. The molecule has 6 heteroatoms. The maximum atomic E-state index is 12.6. The maximum absolute atomic E-state index is 12.6. The number of hydrogen-bond acceptors (Lipinski definition) is 4. The molecule has 0 saturated carbocycles. The van der Waals surface area contributed by atoms with Crippen molar-refractivity contribution in [3.05, 3.63) is 60.2 Å². The molecule has 1 aromatic heterocycles. The van der Waals surface area contributed by atoms with Crippen molar-refractivity contribution < 1.29 is 18.7 Å². The van der Waals surface area contributed by atoms with Crippen LogP contribution in [0.1, 0.15) is 10.5 Å². The Labute approximate surface area is 108 Å². The molecule has 5 nitrogen and oxygen atoms in total. The highest BCUT2D eigenvalue weighted by molar-refractivity contribution is 6.01. The number of pyridine rings is 1. The average molecular weight is 260 g/mol. The van der Waals surface area contributed by atoms with E-state index in [4.69, 9.17) is 4.74 Å². The van der Waals surface area contributed by atoms with Crippen LogP contribution in [0.2, 0.25) is 0 Å². The Morgan fingerprint density at radius 2 is 1.84 bits per heavy atom. The monoisotopic (exact) mass is 260 g/mol. The molecule has 19 heavy (non-hydrogen) atoms. The molecule has 0 spiro atoms. The van der Waals surface area contributed by atoms with Crippen LogP contribution in [0.5, 0.6) is 5.75 Å². The molecule has 1 N–H and O–H groups in total. The number of amides is 2. The van der Waals surface area contributed by atoms with E-state index in [1.807, 2.05) is 5.32 Å². The van der Waals surface area contributed by atoms with Crippen molar-refractivity contribution in [1.82, 2.24) is 10.3 Å². The van der Waals surface area contributed by atoms with E-state index in [1.165, 1.54) is 6.07 Å². The first-order valence-electron chi connectivity index (χ1n) is 5.35. The second-order valence-corrected chi connectivity index (χ2v) is 3.52. The lowest BCUT2D eigenvalue weighted by Gasteiger charge is -2.04. The highest BCUT2D eigenvalue weighted by Gasteiger charge is 2.13. The summed E-state index contributed by atoms with van der Waals surface area (Å²) in [7, 11) is 0. The molecule has 2 rings (SSSR count). The second-order valence-electron chi connectivity index (χ2n) is 3.52. The van der Waals surface area contributed by atoms with Crippen molar-refractivity contribution in [3.63, 3.8) is 0 Å². The smallest absolute Gasteiger partial charge is 0.410 e. The fourth-order valence-corrected chi connectivity index (χ4v) is 1.29. The van der Waals surface area contributed by atoms with Gasteiger partial charge >= 0.3 is 6.09 Å². The normalized spacial score (nSPS) is 9.74. The molecule has 2 amide bonds. The van der Waals surface area contributed by atoms with Gasteiger partial charge in [0.2, 0.25) is 0 Å². The average Bonchev–Trinajstić information content (AvgIpc) is 2.40. The second kappa shape index (κ2) is 5.72. The molecule has 0 atom stereocenters. The number of aromatic nitrogens is 1. The molecule has 1 aromatic carbocycles. The van der Waals surface area contributed by atoms with Crippen LogP contribution in [0.15, 0.2) is 48.7 Å². The number of carbonyl (C=O) groups excluding carboxylic acids is 2. The standard InChI is InChI=1S/C13H9FN2O3/c14-9-6-7-11(15-8-9)12(17)16-13(18)19-10-4-2-1-3-5-10/h1-8H,(H,16,17,18). The summed E-state index contributed by atoms with van der Waals surface area (Å²) in [5.74, 6) is -1.02. The maximum Gasteiger partial charge on any atom is 0.419 e. The molecule has 0 fully saturated rings. The number of imide groups is 1. The van der Waals surface area contributed by atoms with E-state index in [0.717, 1.165) is 12.3 Å². The van der Waals surface area contributed by atoms with Crippen LogP contribution in [-0.2, 0) is 0 Å². The van der Waals surface area contributed by atoms with Crippen LogP contribution in [0.3, 0.4) is 0 Å². The van der Waals surface area contributed by atoms with Crippen molar-refractivity contribution in [1.29, 1.82) is 0 Å². The Morgan fingerprint density at radius 3 is 2.47 bits per heavy atom. The fourth-order valence-electron chi connectivity index (χ4n) is 1.29. The van der Waals surface area contributed by atoms with Crippen molar-refractivity contribution in [2.45, 2.75) is 0 Å². The van der Waals surface area contributed by atoms with Crippen LogP contribution in [0.4, 0.5) is 9.18 Å². The topological polar surface area (TPSA) is 68.3 Å². The van der Waals surface area contributed by atoms with E-state index in [2.05, 4.69) is 4.98 Å². The Balaban J connectivity index is 1.95. The van der Waals surface area contributed by atoms with Gasteiger partial charge in [0.05, 0.1) is 6.20 Å². The van der Waals surface area contributed by atoms with Gasteiger partial charge in [0, 0.05) is 0 Å². The van der Waals surface area contributed by atoms with Gasteiger partial charge in [0.1, 0.15) is 17.3 Å². The van der Waals surface area contributed by atoms with Gasteiger partial charge in [-0.1, -0.05) is 18.2 Å². The molecule has 1 heterocycles. The van der Waals surface area contributed by atoms with Crippen molar-refractivity contribution in [2.75, 3.05) is 0 Å². The van der Waals surface area contributed by atoms with Crippen molar-refractivity contribution in [2.24, 2.45) is 0 Å². The minimum absolute atomic E-state index is 0.0774. The summed E-state index contributed by atoms with van der Waals surface area (Å²) in [4.78, 5) is 26.5. The summed E-state index contributed by atoms with van der Waals surface area (Å²) in [6, 6.07) is 10.5. The number of ether oxygens (including phenoxy) is 1. The third kappa shape index (κ3) is 3.60. The van der Waals surface area contributed by atoms with Crippen molar-refractivity contribution >= 4 is 12.0 Å². The zero-order valence-electron chi connectivity index (χ0n) is 9.67. The van der Waals surface area contributed by atoms with Gasteiger partial charge in [0.25, 0.3) is 5.91 Å². The van der Waals surface area contributed by atoms with Gasteiger partial charge in [0.15, 0.2) is 0 Å². The summed E-state index contributed by atoms with van der Waals surface area (Å²) >= 11 is 0. The lowest BCUT2D eigenvalue weighted by molar-refractivity contribution is 0.0946. The first-order chi connectivity index (χ1) is 9.15. The van der Waals surface area contributed by atoms with Gasteiger partial charge in [-0.2, -0.15) is 0 Å². The summed E-state index contributed by atoms with van der Waals surface area (Å²) in [5, 5.41) is 1.98. The third-order valence-corrected chi connectivity index (χ3v) is 2.13. The Kier molecular flexibility index (Phi) is 3.82. The number of rotatable bonds is 2. The number of para-hydroxylation sites is 1. The van der Waals surface area contributed by atoms with Crippen LogP contribution in [0.25, 0.3) is 0 Å². The summed E-state index contributed by atoms with van der Waals surface area (Å²) in [6.45, 7) is 0. The van der Waals surface area contributed by atoms with Crippen LogP contribution >= 0.6 is 0 Å². The molecule has 0 aliphatic carbocycles. The Morgan fingerprint density at radius 1 is 1.11 bits per heavy atom. The van der Waals surface area contributed by atoms with Crippen LogP contribution in [0, 0.1) is 5.82 Å². The highest BCUT2D eigenvalue weighted by atomic mass is 19.1. The number of benzene rings is 1. The molecule has 0 saturated heterocycles. The van der Waals surface area contributed by atoms with E-state index in [1.54, 1.807) is 30.3 Å². The Bertz CT molecular complexity index is 585. The van der Waals surface area contributed by atoms with Crippen molar-refractivity contribution in [3.8, 4) is 5.75 Å². The number of carbonyl (C=O) groups is 2. The number of nitrogens with zero attached hydrogens (tertiary/aromatic N) is 1. The molecular weight excluding hydrogens is 251 g/mol. The predicted octanol–water partition coefficient (Wildman–Crippen LogP) is 2.15. The number of nitrogens with one attached hydrogen (secondary N) is 1. The summed E-state index contributed by atoms with van der Waals surface area (Å²) in [6.07, 6.45) is -0.0421. The quantitative estimate of drug-likeness (QED) is 0.898. The van der Waals surface area contributed by atoms with Gasteiger partial charge in [-0.25, -0.2) is 14.2 Å². The van der Waals surface area contributed by atoms with E-state index in [0.29, 0.717) is 5.75 Å². The van der Waals surface area contributed by atoms with E-state index < -0.39 is 17.8 Å². The van der Waals surface area contributed by atoms with E-state index >= 15 is 0 Å². The first-order valence-corrected chi connectivity index (χ1v) is 5.35. The molecule has 2 aromatic rings. The fraction of sp³-hybridized carbons (Fsp3) is 0. The number of halogens is 1. The minimum Gasteiger partial charge on any atom is -0.410 e. The number of hydrogen-bond donors (Lipinski definition) is 1. The molecule has 0 unspecified atom stereocenters. The van der Waals surface area contributed by atoms with Crippen LogP contribution in [-0.4, -0.2) is 17.0 Å². The molecular formula is C13H9FN2O3. The zero-order chi connectivity index (χ0) is 13.7. The first kappa shape index (κ1) is 12.7. The lowest BCUT2D eigenvalue weighted by atomic mass is 10.3. The van der Waals surface area contributed by atoms with Gasteiger partial charge in [-0.3, -0.25) is 10.1 Å². The lowest BCUT2D eigenvalue weighted by Crippen LogP contribution is -2.33. The Hall–Kier alpha value is -2.76. The summed E-state index contributed by atoms with van der Waals surface area (Å²) in [5.41, 5.74) is -0.0774. The molecule has 0 bridgehead atoms. The van der Waals surface area contributed by atoms with Gasteiger partial charge in [-0.15, -0.1) is 0 Å². The largest absolute Gasteiger partial charge is 0.419 e. The molecule has 96 valence electrons. The van der Waals surface area contributed by atoms with Crippen LogP contribution < -0.4 is 10.1 Å². The summed E-state index contributed by atoms with van der Waals surface area (Å²) < 4.78 is 17.5. The molecule has 0 aliphatic heterocycles. The SMILES string of the molecule is O=C(NC(=O)c1ccc(F)cn1)Oc1ccccc1. The highest BCUT2D eigenvalue weighted by Crippen LogP contribution is 2.08.